The van der Waals surface area contributed by atoms with Gasteiger partial charge < -0.3 is 10.2 Å². The van der Waals surface area contributed by atoms with Crippen LogP contribution < -0.4 is 5.32 Å². The molecule has 1 N–H and O–H groups in total. The molecule has 1 aromatic carbocycles. The summed E-state index contributed by atoms with van der Waals surface area (Å²) in [5.74, 6) is 0.447. The van der Waals surface area contributed by atoms with Gasteiger partial charge in [0.25, 0.3) is 0 Å². The van der Waals surface area contributed by atoms with Crippen molar-refractivity contribution in [1.82, 2.24) is 10.2 Å². The van der Waals surface area contributed by atoms with Crippen LogP contribution in [0.5, 0.6) is 0 Å². The molecule has 124 valence electrons. The van der Waals surface area contributed by atoms with Crippen molar-refractivity contribution in [2.24, 2.45) is 11.8 Å². The molecule has 1 aliphatic carbocycles. The molecule has 4 nitrogen and oxygen atoms in total. The van der Waals surface area contributed by atoms with Gasteiger partial charge in [0.1, 0.15) is 0 Å². The maximum Gasteiger partial charge on any atom is 0.226 e. The molecule has 1 aromatic rings. The first kappa shape index (κ1) is 16.0. The standard InChI is InChI=1S/C19H26N2O2/c1-3-20-18(22)16-9-10-17(15-6-4-5-13(2)11-15)21(12-16)19(23)14-7-8-14/h4-6,11,14,16-17H,3,7-10,12H2,1-2H3,(H,20,22)/t16-,17+/m1/s1. The molecule has 1 heterocycles. The second kappa shape index (κ2) is 6.73. The lowest BCUT2D eigenvalue weighted by Gasteiger charge is -2.39. The van der Waals surface area contributed by atoms with Crippen molar-refractivity contribution in [3.8, 4) is 0 Å². The van der Waals surface area contributed by atoms with Crippen molar-refractivity contribution in [1.29, 1.82) is 0 Å². The predicted molar refractivity (Wildman–Crippen MR) is 89.8 cm³/mol. The van der Waals surface area contributed by atoms with E-state index in [-0.39, 0.29) is 29.7 Å². The first-order valence-corrected chi connectivity index (χ1v) is 8.75. The molecule has 0 spiro atoms. The molecule has 23 heavy (non-hydrogen) atoms. The van der Waals surface area contributed by atoms with Crippen LogP contribution in [0.2, 0.25) is 0 Å². The van der Waals surface area contributed by atoms with Gasteiger partial charge >= 0.3 is 0 Å². The van der Waals surface area contributed by atoms with E-state index in [9.17, 15) is 9.59 Å². The number of piperidine rings is 1. The lowest BCUT2D eigenvalue weighted by Crippen LogP contribution is -2.47. The Morgan fingerprint density at radius 2 is 1.91 bits per heavy atom. The number of amides is 2. The molecule has 3 rings (SSSR count). The Bertz CT molecular complexity index is 595. The first-order valence-electron chi connectivity index (χ1n) is 8.75. The Morgan fingerprint density at radius 3 is 2.57 bits per heavy atom. The molecule has 0 unspecified atom stereocenters. The fourth-order valence-corrected chi connectivity index (χ4v) is 3.54. The van der Waals surface area contributed by atoms with E-state index in [1.165, 1.54) is 11.1 Å². The topological polar surface area (TPSA) is 49.4 Å². The highest BCUT2D eigenvalue weighted by Crippen LogP contribution is 2.39. The maximum atomic E-state index is 12.7. The third-order valence-electron chi connectivity index (χ3n) is 4.94. The largest absolute Gasteiger partial charge is 0.356 e. The molecule has 0 radical (unpaired) electrons. The highest BCUT2D eigenvalue weighted by Gasteiger charge is 2.41. The van der Waals surface area contributed by atoms with Crippen molar-refractivity contribution < 1.29 is 9.59 Å². The van der Waals surface area contributed by atoms with Crippen LogP contribution in [-0.2, 0) is 9.59 Å². The molecule has 2 atom stereocenters. The van der Waals surface area contributed by atoms with Crippen LogP contribution in [0.15, 0.2) is 24.3 Å². The second-order valence-electron chi connectivity index (χ2n) is 6.86. The van der Waals surface area contributed by atoms with Gasteiger partial charge in [-0.15, -0.1) is 0 Å². The van der Waals surface area contributed by atoms with Gasteiger partial charge in [-0.2, -0.15) is 0 Å². The fraction of sp³-hybridized carbons (Fsp3) is 0.579. The number of hydrogen-bond acceptors (Lipinski definition) is 2. The number of rotatable bonds is 4. The molecule has 1 saturated carbocycles. The van der Waals surface area contributed by atoms with Crippen molar-refractivity contribution in [2.45, 2.75) is 45.6 Å². The van der Waals surface area contributed by atoms with Crippen LogP contribution in [0.4, 0.5) is 0 Å². The van der Waals surface area contributed by atoms with Crippen LogP contribution in [0.1, 0.15) is 49.8 Å². The molecular weight excluding hydrogens is 288 g/mol. The predicted octanol–water partition coefficient (Wildman–Crippen LogP) is 2.82. The molecule has 1 saturated heterocycles. The third kappa shape index (κ3) is 3.57. The van der Waals surface area contributed by atoms with Gasteiger partial charge in [0.2, 0.25) is 11.8 Å². The van der Waals surface area contributed by atoms with Crippen LogP contribution in [0.25, 0.3) is 0 Å². The summed E-state index contributed by atoms with van der Waals surface area (Å²) in [6.45, 7) is 5.22. The van der Waals surface area contributed by atoms with Gasteiger partial charge in [0.05, 0.1) is 12.0 Å². The summed E-state index contributed by atoms with van der Waals surface area (Å²) >= 11 is 0. The van der Waals surface area contributed by atoms with Crippen LogP contribution in [-0.4, -0.2) is 29.8 Å². The highest BCUT2D eigenvalue weighted by atomic mass is 16.2. The number of aryl methyl sites for hydroxylation is 1. The molecular formula is C19H26N2O2. The van der Waals surface area contributed by atoms with E-state index in [0.29, 0.717) is 13.1 Å². The molecule has 2 aliphatic rings. The third-order valence-corrected chi connectivity index (χ3v) is 4.94. The number of carbonyl (C=O) groups is 2. The van der Waals surface area contributed by atoms with E-state index in [0.717, 1.165) is 25.7 Å². The fourth-order valence-electron chi connectivity index (χ4n) is 3.54. The minimum absolute atomic E-state index is 0.0706. The van der Waals surface area contributed by atoms with Crippen LogP contribution in [0.3, 0.4) is 0 Å². The Kier molecular flexibility index (Phi) is 4.69. The number of carbonyl (C=O) groups excluding carboxylic acids is 2. The zero-order chi connectivity index (χ0) is 16.4. The molecule has 0 bridgehead atoms. The summed E-state index contributed by atoms with van der Waals surface area (Å²) in [6.07, 6.45) is 3.71. The van der Waals surface area contributed by atoms with E-state index >= 15 is 0 Å². The van der Waals surface area contributed by atoms with Crippen LogP contribution in [0, 0.1) is 18.8 Å². The number of nitrogens with zero attached hydrogens (tertiary/aromatic N) is 1. The smallest absolute Gasteiger partial charge is 0.226 e. The second-order valence-corrected chi connectivity index (χ2v) is 6.86. The summed E-state index contributed by atoms with van der Waals surface area (Å²) in [5, 5.41) is 2.91. The van der Waals surface area contributed by atoms with E-state index in [2.05, 4.69) is 36.5 Å². The molecule has 2 amide bonds. The Hall–Kier alpha value is -1.84. The number of likely N-dealkylation sites (tertiary alicyclic amines) is 1. The normalized spacial score (nSPS) is 24.3. The highest BCUT2D eigenvalue weighted by molar-refractivity contribution is 5.84. The van der Waals surface area contributed by atoms with Crippen LogP contribution >= 0.6 is 0 Å². The quantitative estimate of drug-likeness (QED) is 0.929. The maximum absolute atomic E-state index is 12.7. The zero-order valence-electron chi connectivity index (χ0n) is 14.0. The van der Waals surface area contributed by atoms with Crippen molar-refractivity contribution in [3.63, 3.8) is 0 Å². The summed E-state index contributed by atoms with van der Waals surface area (Å²) in [5.41, 5.74) is 2.42. The molecule has 1 aliphatic heterocycles. The lowest BCUT2D eigenvalue weighted by atomic mass is 9.87. The van der Waals surface area contributed by atoms with Crippen molar-refractivity contribution in [3.05, 3.63) is 35.4 Å². The summed E-state index contributed by atoms with van der Waals surface area (Å²) in [6, 6.07) is 8.53. The molecule has 2 fully saturated rings. The number of hydrogen-bond donors (Lipinski definition) is 1. The summed E-state index contributed by atoms with van der Waals surface area (Å²) in [4.78, 5) is 26.9. The number of nitrogens with one attached hydrogen (secondary N) is 1. The van der Waals surface area contributed by atoms with E-state index in [4.69, 9.17) is 0 Å². The lowest BCUT2D eigenvalue weighted by molar-refractivity contribution is -0.140. The van der Waals surface area contributed by atoms with E-state index in [1.54, 1.807) is 0 Å². The average molecular weight is 314 g/mol. The van der Waals surface area contributed by atoms with Gasteiger partial charge in [-0.3, -0.25) is 9.59 Å². The SMILES string of the molecule is CCNC(=O)[C@@H]1CC[C@@H](c2cccc(C)c2)N(C(=O)C2CC2)C1. The van der Waals surface area contributed by atoms with Gasteiger partial charge in [0, 0.05) is 19.0 Å². The van der Waals surface area contributed by atoms with Gasteiger partial charge in [-0.1, -0.05) is 29.8 Å². The minimum atomic E-state index is -0.0706. The van der Waals surface area contributed by atoms with Crippen molar-refractivity contribution in [2.75, 3.05) is 13.1 Å². The van der Waals surface area contributed by atoms with Gasteiger partial charge in [0.15, 0.2) is 0 Å². The van der Waals surface area contributed by atoms with E-state index in [1.807, 2.05) is 11.8 Å². The Labute approximate surface area is 138 Å². The Morgan fingerprint density at radius 1 is 1.17 bits per heavy atom. The van der Waals surface area contributed by atoms with Gasteiger partial charge in [-0.05, 0) is 45.1 Å². The summed E-state index contributed by atoms with van der Waals surface area (Å²) < 4.78 is 0. The minimum Gasteiger partial charge on any atom is -0.356 e. The van der Waals surface area contributed by atoms with Gasteiger partial charge in [-0.25, -0.2) is 0 Å². The van der Waals surface area contributed by atoms with Crippen molar-refractivity contribution >= 4 is 11.8 Å². The van der Waals surface area contributed by atoms with E-state index < -0.39 is 0 Å². The molecule has 0 aromatic heterocycles. The monoisotopic (exact) mass is 314 g/mol. The summed E-state index contributed by atoms with van der Waals surface area (Å²) in [7, 11) is 0. The average Bonchev–Trinajstić information content (AvgIpc) is 3.39. The Balaban J connectivity index is 1.81. The first-order chi connectivity index (χ1) is 11.1. The number of benzene rings is 1. The zero-order valence-corrected chi connectivity index (χ0v) is 14.0. The molecule has 4 heteroatoms.